The molecule has 0 bridgehead atoms. The molecular weight excluding hydrogens is 312 g/mol. The molecule has 0 aromatic heterocycles. The summed E-state index contributed by atoms with van der Waals surface area (Å²) in [5, 5.41) is 38.2. The molecule has 0 saturated heterocycles. The normalized spacial score (nSPS) is 25.8. The fourth-order valence-corrected chi connectivity index (χ4v) is 3.60. The summed E-state index contributed by atoms with van der Waals surface area (Å²) in [6, 6.07) is 0. The molecule has 0 heterocycles. The van der Waals surface area contributed by atoms with Crippen LogP contribution in [-0.4, -0.2) is 45.6 Å². The van der Waals surface area contributed by atoms with Gasteiger partial charge in [0, 0.05) is 23.0 Å². The van der Waals surface area contributed by atoms with Gasteiger partial charge in [0.15, 0.2) is 0 Å². The molecule has 4 N–H and O–H groups in total. The molecule has 0 aromatic rings. The predicted molar refractivity (Wildman–Crippen MR) is 89.5 cm³/mol. The SMILES string of the molecule is O=C(O)C=CC1(C=CC(=O)O)CCCCCCCCC1(CO)CO. The number of allylic oxidation sites excluding steroid dienone is 2. The van der Waals surface area contributed by atoms with Crippen molar-refractivity contribution >= 4 is 11.9 Å². The fourth-order valence-electron chi connectivity index (χ4n) is 3.60. The van der Waals surface area contributed by atoms with Crippen molar-refractivity contribution in [2.45, 2.75) is 51.4 Å². The Kier molecular flexibility index (Phi) is 8.15. The Labute approximate surface area is 142 Å². The smallest absolute Gasteiger partial charge is 0.328 e. The van der Waals surface area contributed by atoms with E-state index in [0.717, 1.165) is 50.7 Å². The Morgan fingerprint density at radius 1 is 0.750 bits per heavy atom. The van der Waals surface area contributed by atoms with Crippen molar-refractivity contribution in [1.29, 1.82) is 0 Å². The second-order valence-electron chi connectivity index (χ2n) is 6.60. The monoisotopic (exact) mass is 340 g/mol. The van der Waals surface area contributed by atoms with Gasteiger partial charge in [-0.2, -0.15) is 0 Å². The Morgan fingerprint density at radius 3 is 1.58 bits per heavy atom. The van der Waals surface area contributed by atoms with Gasteiger partial charge in [0.2, 0.25) is 0 Å². The highest BCUT2D eigenvalue weighted by atomic mass is 16.4. The van der Waals surface area contributed by atoms with Crippen LogP contribution >= 0.6 is 0 Å². The molecule has 1 saturated carbocycles. The average Bonchev–Trinajstić information content (AvgIpc) is 2.56. The summed E-state index contributed by atoms with van der Waals surface area (Å²) in [5.41, 5.74) is -1.99. The largest absolute Gasteiger partial charge is 0.478 e. The van der Waals surface area contributed by atoms with E-state index >= 15 is 0 Å². The number of carbonyl (C=O) groups is 2. The lowest BCUT2D eigenvalue weighted by Gasteiger charge is -2.46. The second kappa shape index (κ2) is 9.59. The van der Waals surface area contributed by atoms with E-state index in [4.69, 9.17) is 10.2 Å². The van der Waals surface area contributed by atoms with Crippen LogP contribution in [0, 0.1) is 10.8 Å². The van der Waals surface area contributed by atoms with Gasteiger partial charge in [0.1, 0.15) is 0 Å². The van der Waals surface area contributed by atoms with E-state index in [0.29, 0.717) is 12.8 Å². The third-order valence-electron chi connectivity index (χ3n) is 5.14. The molecule has 0 spiro atoms. The molecule has 0 radical (unpaired) electrons. The summed E-state index contributed by atoms with van der Waals surface area (Å²) in [4.78, 5) is 22.1. The maximum absolute atomic E-state index is 11.0. The Hall–Kier alpha value is -1.66. The van der Waals surface area contributed by atoms with Crippen molar-refractivity contribution in [3.63, 3.8) is 0 Å². The van der Waals surface area contributed by atoms with Crippen molar-refractivity contribution < 1.29 is 30.0 Å². The minimum Gasteiger partial charge on any atom is -0.478 e. The number of carboxylic acids is 2. The topological polar surface area (TPSA) is 115 Å². The molecule has 136 valence electrons. The third kappa shape index (κ3) is 5.18. The zero-order valence-corrected chi connectivity index (χ0v) is 14.0. The molecule has 1 fully saturated rings. The zero-order chi connectivity index (χ0) is 18.1. The van der Waals surface area contributed by atoms with Crippen LogP contribution in [0.2, 0.25) is 0 Å². The Morgan fingerprint density at radius 2 is 1.17 bits per heavy atom. The molecule has 24 heavy (non-hydrogen) atoms. The first-order chi connectivity index (χ1) is 11.4. The molecule has 0 aliphatic heterocycles. The van der Waals surface area contributed by atoms with Gasteiger partial charge in [0.25, 0.3) is 0 Å². The van der Waals surface area contributed by atoms with E-state index in [9.17, 15) is 19.8 Å². The average molecular weight is 340 g/mol. The predicted octanol–water partition coefficient (Wildman–Crippen LogP) is 2.36. The quantitative estimate of drug-likeness (QED) is 0.552. The number of hydrogen-bond donors (Lipinski definition) is 4. The van der Waals surface area contributed by atoms with Crippen LogP contribution < -0.4 is 0 Å². The highest BCUT2D eigenvalue weighted by Gasteiger charge is 2.47. The van der Waals surface area contributed by atoms with Gasteiger partial charge >= 0.3 is 11.9 Å². The first kappa shape index (κ1) is 20.4. The van der Waals surface area contributed by atoms with Gasteiger partial charge in [-0.05, 0) is 12.8 Å². The number of carboxylic acid groups (broad SMARTS) is 2. The first-order valence-electron chi connectivity index (χ1n) is 8.47. The highest BCUT2D eigenvalue weighted by molar-refractivity contribution is 5.81. The van der Waals surface area contributed by atoms with Crippen LogP contribution in [0.25, 0.3) is 0 Å². The fraction of sp³-hybridized carbons (Fsp3) is 0.667. The van der Waals surface area contributed by atoms with Crippen LogP contribution in [0.5, 0.6) is 0 Å². The van der Waals surface area contributed by atoms with E-state index < -0.39 is 22.8 Å². The van der Waals surface area contributed by atoms with Crippen LogP contribution in [0.15, 0.2) is 24.3 Å². The van der Waals surface area contributed by atoms with E-state index in [1.54, 1.807) is 0 Å². The molecule has 0 unspecified atom stereocenters. The molecule has 0 amide bonds. The van der Waals surface area contributed by atoms with Gasteiger partial charge in [-0.15, -0.1) is 0 Å². The molecule has 1 rings (SSSR count). The van der Waals surface area contributed by atoms with Crippen molar-refractivity contribution in [1.82, 2.24) is 0 Å². The Bertz CT molecular complexity index is 452. The maximum Gasteiger partial charge on any atom is 0.328 e. The van der Waals surface area contributed by atoms with E-state index in [2.05, 4.69) is 0 Å². The van der Waals surface area contributed by atoms with Crippen LogP contribution in [-0.2, 0) is 9.59 Å². The highest BCUT2D eigenvalue weighted by Crippen LogP contribution is 2.49. The molecular formula is C18H28O6. The van der Waals surface area contributed by atoms with Gasteiger partial charge in [-0.1, -0.05) is 50.7 Å². The molecule has 0 atom stereocenters. The van der Waals surface area contributed by atoms with Gasteiger partial charge in [0.05, 0.1) is 13.2 Å². The van der Waals surface area contributed by atoms with Crippen LogP contribution in [0.1, 0.15) is 51.4 Å². The van der Waals surface area contributed by atoms with E-state index in [-0.39, 0.29) is 13.2 Å². The van der Waals surface area contributed by atoms with Gasteiger partial charge in [-0.3, -0.25) is 0 Å². The van der Waals surface area contributed by atoms with Crippen molar-refractivity contribution in [2.75, 3.05) is 13.2 Å². The number of aliphatic carboxylic acids is 2. The zero-order valence-electron chi connectivity index (χ0n) is 14.0. The van der Waals surface area contributed by atoms with Crippen molar-refractivity contribution in [2.24, 2.45) is 10.8 Å². The van der Waals surface area contributed by atoms with Gasteiger partial charge in [-0.25, -0.2) is 9.59 Å². The minimum absolute atomic E-state index is 0.336. The van der Waals surface area contributed by atoms with Crippen molar-refractivity contribution in [3.8, 4) is 0 Å². The Balaban J connectivity index is 3.41. The lowest BCUT2D eigenvalue weighted by Crippen LogP contribution is -2.46. The molecule has 1 aliphatic rings. The number of hydrogen-bond acceptors (Lipinski definition) is 4. The summed E-state index contributed by atoms with van der Waals surface area (Å²) in [6.07, 6.45) is 11.5. The summed E-state index contributed by atoms with van der Waals surface area (Å²) in [5.74, 6) is -2.28. The van der Waals surface area contributed by atoms with E-state index in [1.165, 1.54) is 12.2 Å². The summed E-state index contributed by atoms with van der Waals surface area (Å²) >= 11 is 0. The lowest BCUT2D eigenvalue weighted by atomic mass is 9.58. The summed E-state index contributed by atoms with van der Waals surface area (Å²) in [6.45, 7) is -0.672. The second-order valence-corrected chi connectivity index (χ2v) is 6.60. The number of aliphatic hydroxyl groups excluding tert-OH is 2. The van der Waals surface area contributed by atoms with Crippen LogP contribution in [0.4, 0.5) is 0 Å². The maximum atomic E-state index is 11.0. The van der Waals surface area contributed by atoms with Crippen molar-refractivity contribution in [3.05, 3.63) is 24.3 Å². The minimum atomic E-state index is -1.14. The molecule has 6 nitrogen and oxygen atoms in total. The molecule has 1 aliphatic carbocycles. The molecule has 0 aromatic carbocycles. The number of rotatable bonds is 6. The third-order valence-corrected chi connectivity index (χ3v) is 5.14. The molecule has 6 heteroatoms. The summed E-state index contributed by atoms with van der Waals surface area (Å²) in [7, 11) is 0. The first-order valence-corrected chi connectivity index (χ1v) is 8.47. The number of aliphatic hydroxyl groups is 2. The van der Waals surface area contributed by atoms with Gasteiger partial charge < -0.3 is 20.4 Å². The van der Waals surface area contributed by atoms with E-state index in [1.807, 2.05) is 0 Å². The van der Waals surface area contributed by atoms with Crippen LogP contribution in [0.3, 0.4) is 0 Å². The summed E-state index contributed by atoms with van der Waals surface area (Å²) < 4.78 is 0. The lowest BCUT2D eigenvalue weighted by molar-refractivity contribution is -0.132. The standard InChI is InChI=1S/C18H28O6/c19-13-18(14-20)10-6-4-2-1-3-5-9-17(18,11-7-15(21)22)12-8-16(23)24/h7-8,11-12,19-20H,1-6,9-10,13-14H2,(H,21,22)(H,23,24).